The van der Waals surface area contributed by atoms with E-state index in [0.29, 0.717) is 28.7 Å². The number of esters is 1. The Morgan fingerprint density at radius 3 is 2.55 bits per heavy atom. The van der Waals surface area contributed by atoms with Crippen LogP contribution in [-0.4, -0.2) is 41.8 Å². The lowest BCUT2D eigenvalue weighted by molar-refractivity contribution is -0.146. The number of alkyl halides is 3. The van der Waals surface area contributed by atoms with Crippen molar-refractivity contribution in [2.75, 3.05) is 18.6 Å². The third kappa shape index (κ3) is 3.62. The number of nitrogens with zero attached hydrogens (tertiary/aromatic N) is 3. The van der Waals surface area contributed by atoms with E-state index in [4.69, 9.17) is 4.74 Å². The number of halogens is 3. The van der Waals surface area contributed by atoms with Gasteiger partial charge in [-0.05, 0) is 31.0 Å². The van der Waals surface area contributed by atoms with Gasteiger partial charge in [0, 0.05) is 12.1 Å². The molecule has 8 heteroatoms. The lowest BCUT2D eigenvalue weighted by Crippen LogP contribution is -2.42. The van der Waals surface area contributed by atoms with Crippen molar-refractivity contribution >= 4 is 22.8 Å². The number of rotatable bonds is 3. The Morgan fingerprint density at radius 2 is 1.86 bits per heavy atom. The summed E-state index contributed by atoms with van der Waals surface area (Å²) < 4.78 is 45.6. The quantitative estimate of drug-likeness (QED) is 0.600. The number of ether oxygens (including phenoxy) is 1. The van der Waals surface area contributed by atoms with Gasteiger partial charge in [-0.1, -0.05) is 30.3 Å². The molecular formula is C21H18F3N3O2. The summed E-state index contributed by atoms with van der Waals surface area (Å²) >= 11 is 0. The Balaban J connectivity index is 1.92. The molecule has 0 N–H and O–H groups in total. The molecular weight excluding hydrogens is 383 g/mol. The van der Waals surface area contributed by atoms with Gasteiger partial charge in [0.25, 0.3) is 0 Å². The fourth-order valence-corrected chi connectivity index (χ4v) is 3.64. The van der Waals surface area contributed by atoms with Crippen LogP contribution < -0.4 is 4.90 Å². The Morgan fingerprint density at radius 1 is 1.10 bits per heavy atom. The molecule has 0 spiro atoms. The molecule has 0 amide bonds. The molecule has 1 fully saturated rings. The number of carbonyl (C=O) groups excluding carboxylic acids is 1. The van der Waals surface area contributed by atoms with Crippen molar-refractivity contribution in [3.63, 3.8) is 0 Å². The summed E-state index contributed by atoms with van der Waals surface area (Å²) in [6.45, 7) is 0.237. The van der Waals surface area contributed by atoms with Crippen LogP contribution in [0.4, 0.5) is 19.0 Å². The highest BCUT2D eigenvalue weighted by atomic mass is 19.4. The molecule has 1 atom stereocenters. The van der Waals surface area contributed by atoms with Crippen LogP contribution in [0.3, 0.4) is 0 Å². The number of hydrogen-bond acceptors (Lipinski definition) is 5. The summed E-state index contributed by atoms with van der Waals surface area (Å²) in [5, 5.41) is 0. The second kappa shape index (κ2) is 7.35. The molecule has 0 bridgehead atoms. The highest BCUT2D eigenvalue weighted by molar-refractivity contribution is 5.94. The van der Waals surface area contributed by atoms with Crippen LogP contribution in [0.1, 0.15) is 23.2 Å². The average molecular weight is 401 g/mol. The second-order valence-electron chi connectivity index (χ2n) is 6.85. The zero-order chi connectivity index (χ0) is 20.6. The van der Waals surface area contributed by atoms with Crippen molar-refractivity contribution in [3.05, 3.63) is 54.1 Å². The molecule has 4 rings (SSSR count). The standard InChI is InChI=1S/C21H18F3N3O2/c1-29-20(28)14-9-10-15-16(12-14)26-19(18(25-15)13-6-3-2-4-7-13)27-11-5-8-17(27)21(22,23)24/h2-4,6-7,9-10,12,17H,5,8,11H2,1H3/t17-/m1/s1. The van der Waals surface area contributed by atoms with E-state index in [1.54, 1.807) is 36.4 Å². The lowest BCUT2D eigenvalue weighted by Gasteiger charge is -2.29. The minimum Gasteiger partial charge on any atom is -0.465 e. The first kappa shape index (κ1) is 19.2. The van der Waals surface area contributed by atoms with E-state index in [1.807, 2.05) is 6.07 Å². The minimum atomic E-state index is -4.37. The molecule has 2 aromatic carbocycles. The van der Waals surface area contributed by atoms with Gasteiger partial charge < -0.3 is 9.64 Å². The number of carbonyl (C=O) groups is 1. The third-order valence-electron chi connectivity index (χ3n) is 5.02. The molecule has 3 aromatic rings. The van der Waals surface area contributed by atoms with Gasteiger partial charge in [-0.15, -0.1) is 0 Å². The molecule has 1 aromatic heterocycles. The molecule has 0 unspecified atom stereocenters. The number of hydrogen-bond donors (Lipinski definition) is 0. The summed E-state index contributed by atoms with van der Waals surface area (Å²) in [5.41, 5.74) is 2.17. The Bertz CT molecular complexity index is 1050. The van der Waals surface area contributed by atoms with Crippen molar-refractivity contribution in [3.8, 4) is 11.3 Å². The van der Waals surface area contributed by atoms with Crippen LogP contribution in [0.15, 0.2) is 48.5 Å². The lowest BCUT2D eigenvalue weighted by atomic mass is 10.1. The first-order chi connectivity index (χ1) is 13.9. The molecule has 0 radical (unpaired) electrons. The van der Waals surface area contributed by atoms with Gasteiger partial charge in [-0.25, -0.2) is 14.8 Å². The minimum absolute atomic E-state index is 0.0135. The monoisotopic (exact) mass is 401 g/mol. The van der Waals surface area contributed by atoms with E-state index in [0.717, 1.165) is 0 Å². The van der Waals surface area contributed by atoms with Gasteiger partial charge in [0.15, 0.2) is 5.82 Å². The summed E-state index contributed by atoms with van der Waals surface area (Å²) in [6, 6.07) is 12.1. The van der Waals surface area contributed by atoms with E-state index in [1.165, 1.54) is 18.1 Å². The van der Waals surface area contributed by atoms with Crippen LogP contribution in [-0.2, 0) is 4.74 Å². The van der Waals surface area contributed by atoms with Crippen molar-refractivity contribution in [1.29, 1.82) is 0 Å². The van der Waals surface area contributed by atoms with E-state index in [9.17, 15) is 18.0 Å². The van der Waals surface area contributed by atoms with E-state index in [-0.39, 0.29) is 24.3 Å². The maximum atomic E-state index is 13.6. The Kier molecular flexibility index (Phi) is 4.86. The largest absolute Gasteiger partial charge is 0.465 e. The van der Waals surface area contributed by atoms with Crippen molar-refractivity contribution in [2.24, 2.45) is 0 Å². The van der Waals surface area contributed by atoms with Gasteiger partial charge in [-0.2, -0.15) is 13.2 Å². The van der Waals surface area contributed by atoms with Crippen LogP contribution in [0, 0.1) is 0 Å². The van der Waals surface area contributed by atoms with Gasteiger partial charge in [-0.3, -0.25) is 0 Å². The summed E-state index contributed by atoms with van der Waals surface area (Å²) in [6.07, 6.45) is -3.94. The number of methoxy groups -OCH3 is 1. The predicted octanol–water partition coefficient (Wildman–Crippen LogP) is 4.61. The summed E-state index contributed by atoms with van der Waals surface area (Å²) in [7, 11) is 1.26. The highest BCUT2D eigenvalue weighted by Crippen LogP contribution is 2.39. The maximum absolute atomic E-state index is 13.6. The van der Waals surface area contributed by atoms with Crippen LogP contribution in [0.5, 0.6) is 0 Å². The fourth-order valence-electron chi connectivity index (χ4n) is 3.64. The zero-order valence-corrected chi connectivity index (χ0v) is 15.6. The van der Waals surface area contributed by atoms with Crippen LogP contribution >= 0.6 is 0 Å². The Hall–Kier alpha value is -3.16. The van der Waals surface area contributed by atoms with E-state index >= 15 is 0 Å². The molecule has 1 aliphatic rings. The molecule has 2 heterocycles. The predicted molar refractivity (Wildman–Crippen MR) is 103 cm³/mol. The molecule has 1 saturated heterocycles. The van der Waals surface area contributed by atoms with E-state index < -0.39 is 18.2 Å². The van der Waals surface area contributed by atoms with E-state index in [2.05, 4.69) is 9.97 Å². The first-order valence-corrected chi connectivity index (χ1v) is 9.17. The van der Waals surface area contributed by atoms with Crippen molar-refractivity contribution in [2.45, 2.75) is 25.1 Å². The maximum Gasteiger partial charge on any atom is 0.408 e. The number of benzene rings is 2. The molecule has 0 aliphatic carbocycles. The molecule has 29 heavy (non-hydrogen) atoms. The smallest absolute Gasteiger partial charge is 0.408 e. The molecule has 0 saturated carbocycles. The molecule has 1 aliphatic heterocycles. The second-order valence-corrected chi connectivity index (χ2v) is 6.85. The molecule has 5 nitrogen and oxygen atoms in total. The first-order valence-electron chi connectivity index (χ1n) is 9.17. The van der Waals surface area contributed by atoms with Crippen molar-refractivity contribution < 1.29 is 22.7 Å². The van der Waals surface area contributed by atoms with Crippen molar-refractivity contribution in [1.82, 2.24) is 9.97 Å². The normalized spacial score (nSPS) is 17.0. The fraction of sp³-hybridized carbons (Fsp3) is 0.286. The number of fused-ring (bicyclic) bond motifs is 1. The number of aromatic nitrogens is 2. The summed E-state index contributed by atoms with van der Waals surface area (Å²) in [5.74, 6) is -0.373. The third-order valence-corrected chi connectivity index (χ3v) is 5.02. The summed E-state index contributed by atoms with van der Waals surface area (Å²) in [4.78, 5) is 22.3. The zero-order valence-electron chi connectivity index (χ0n) is 15.6. The highest BCUT2D eigenvalue weighted by Gasteiger charge is 2.47. The Labute approximate surface area is 165 Å². The number of anilines is 1. The SMILES string of the molecule is COC(=O)c1ccc2nc(-c3ccccc3)c(N3CCC[C@@H]3C(F)(F)F)nc2c1. The topological polar surface area (TPSA) is 55.3 Å². The average Bonchev–Trinajstić information content (AvgIpc) is 3.23. The van der Waals surface area contributed by atoms with Gasteiger partial charge in [0.05, 0.1) is 23.7 Å². The molecule has 150 valence electrons. The van der Waals surface area contributed by atoms with Crippen LogP contribution in [0.25, 0.3) is 22.3 Å². The van der Waals surface area contributed by atoms with Crippen LogP contribution in [0.2, 0.25) is 0 Å². The van der Waals surface area contributed by atoms with Gasteiger partial charge in [0.2, 0.25) is 0 Å². The van der Waals surface area contributed by atoms with Gasteiger partial charge in [0.1, 0.15) is 11.7 Å². The van der Waals surface area contributed by atoms with Gasteiger partial charge >= 0.3 is 12.1 Å².